The second kappa shape index (κ2) is 13.4. The van der Waals surface area contributed by atoms with Gasteiger partial charge in [0.25, 0.3) is 18.1 Å². The highest BCUT2D eigenvalue weighted by atomic mass is 31.1. The van der Waals surface area contributed by atoms with Crippen molar-refractivity contribution in [3.05, 3.63) is 120 Å². The molecule has 0 amide bonds. The van der Waals surface area contributed by atoms with Crippen molar-refractivity contribution in [3.63, 3.8) is 0 Å². The number of benzene rings is 6. The maximum Gasteiger partial charge on any atom is 0.275 e. The van der Waals surface area contributed by atoms with Crippen molar-refractivity contribution in [2.24, 2.45) is 0 Å². The van der Waals surface area contributed by atoms with Gasteiger partial charge in [-0.05, 0) is 72.1 Å². The van der Waals surface area contributed by atoms with Crippen LogP contribution in [0.25, 0.3) is 32.7 Å². The van der Waals surface area contributed by atoms with Gasteiger partial charge < -0.3 is 27.6 Å². The molecule has 0 bridgehead atoms. The standard InChI is InChI=1S/C36H32O6P2/c1-23-19-29(35(33(21-23)37-3)41-43-39-31-17-9-13-25-11-5-7-15-27(25)31)30-20-24(2)22-34(38-4)36(30)42-44-40-32-18-10-14-26-12-6-8-16-28(26)32/h5-22,43-44H,1-4H3. The lowest BCUT2D eigenvalue weighted by Crippen LogP contribution is -1.98. The fourth-order valence-electron chi connectivity index (χ4n) is 5.18. The van der Waals surface area contributed by atoms with Gasteiger partial charge in [-0.1, -0.05) is 72.8 Å². The average Bonchev–Trinajstić information content (AvgIpc) is 3.05. The van der Waals surface area contributed by atoms with Crippen LogP contribution < -0.4 is 27.6 Å². The van der Waals surface area contributed by atoms with Crippen molar-refractivity contribution >= 4 is 39.6 Å². The minimum Gasteiger partial charge on any atom is -0.493 e. The number of aryl methyl sites for hydroxylation is 2. The predicted octanol–water partition coefficient (Wildman–Crippen LogP) is 10.2. The van der Waals surface area contributed by atoms with Crippen molar-refractivity contribution in [1.29, 1.82) is 0 Å². The zero-order valence-electron chi connectivity index (χ0n) is 24.8. The normalized spacial score (nSPS) is 11.5. The van der Waals surface area contributed by atoms with Gasteiger partial charge in [-0.25, -0.2) is 0 Å². The molecule has 2 atom stereocenters. The summed E-state index contributed by atoms with van der Waals surface area (Å²) in [7, 11) is 2.62. The van der Waals surface area contributed by atoms with Gasteiger partial charge in [-0.15, -0.1) is 0 Å². The van der Waals surface area contributed by atoms with Crippen molar-refractivity contribution in [2.45, 2.75) is 13.8 Å². The monoisotopic (exact) mass is 622 g/mol. The summed E-state index contributed by atoms with van der Waals surface area (Å²) < 4.78 is 36.7. The summed E-state index contributed by atoms with van der Waals surface area (Å²) in [6, 6.07) is 36.2. The maximum atomic E-state index is 6.37. The first kappa shape index (κ1) is 29.6. The van der Waals surface area contributed by atoms with E-state index in [0.29, 0.717) is 23.0 Å². The van der Waals surface area contributed by atoms with E-state index < -0.39 is 0 Å². The molecule has 0 heterocycles. The number of hydrogen-bond acceptors (Lipinski definition) is 6. The van der Waals surface area contributed by atoms with Crippen molar-refractivity contribution < 1.29 is 27.6 Å². The molecule has 0 saturated heterocycles. The minimum atomic E-state index is -0.323. The van der Waals surface area contributed by atoms with Crippen LogP contribution >= 0.6 is 18.1 Å². The summed E-state index contributed by atoms with van der Waals surface area (Å²) in [4.78, 5) is 0. The first-order valence-corrected chi connectivity index (χ1v) is 15.7. The Kier molecular flexibility index (Phi) is 9.02. The Hall–Kier alpha value is -4.50. The van der Waals surface area contributed by atoms with E-state index in [9.17, 15) is 0 Å². The van der Waals surface area contributed by atoms with Crippen LogP contribution in [0.4, 0.5) is 0 Å². The van der Waals surface area contributed by atoms with E-state index in [1.54, 1.807) is 14.2 Å². The molecule has 0 saturated carbocycles. The molecule has 6 rings (SSSR count). The van der Waals surface area contributed by atoms with Gasteiger partial charge in [0.05, 0.1) is 14.2 Å². The largest absolute Gasteiger partial charge is 0.493 e. The molecule has 8 heteroatoms. The van der Waals surface area contributed by atoms with Crippen molar-refractivity contribution in [1.82, 2.24) is 0 Å². The molecule has 6 aromatic rings. The second-order valence-electron chi connectivity index (χ2n) is 10.2. The van der Waals surface area contributed by atoms with E-state index in [1.807, 2.05) is 86.6 Å². The molecular weight excluding hydrogens is 590 g/mol. The number of ether oxygens (including phenoxy) is 2. The highest BCUT2D eigenvalue weighted by Crippen LogP contribution is 2.50. The van der Waals surface area contributed by atoms with E-state index in [0.717, 1.165) is 55.3 Å². The van der Waals surface area contributed by atoms with Crippen LogP contribution in [0.1, 0.15) is 11.1 Å². The minimum absolute atomic E-state index is 0.323. The molecule has 0 radical (unpaired) electrons. The molecule has 2 unspecified atom stereocenters. The quantitative estimate of drug-likeness (QED) is 0.134. The van der Waals surface area contributed by atoms with Gasteiger partial charge in [-0.2, -0.15) is 0 Å². The van der Waals surface area contributed by atoms with Gasteiger partial charge in [0.15, 0.2) is 23.0 Å². The SMILES string of the molecule is COc1cc(C)cc(-c2cc(C)cc(OC)c2OPOc2cccc3ccccc23)c1OPOc1cccc2ccccc12. The molecule has 0 aliphatic heterocycles. The first-order valence-electron chi connectivity index (χ1n) is 14.1. The third kappa shape index (κ3) is 6.24. The Bertz CT molecular complexity index is 1790. The fraction of sp³-hybridized carbons (Fsp3) is 0.111. The first-order chi connectivity index (χ1) is 21.6. The van der Waals surface area contributed by atoms with Crippen molar-refractivity contribution in [2.75, 3.05) is 14.2 Å². The van der Waals surface area contributed by atoms with Crippen LogP contribution in [0.15, 0.2) is 109 Å². The summed E-state index contributed by atoms with van der Waals surface area (Å²) in [5.41, 5.74) is 3.59. The van der Waals surface area contributed by atoms with Gasteiger partial charge in [-0.3, -0.25) is 0 Å². The van der Waals surface area contributed by atoms with E-state index in [4.69, 9.17) is 27.6 Å². The van der Waals surface area contributed by atoms with Crippen LogP contribution in [0.5, 0.6) is 34.5 Å². The number of rotatable bonds is 11. The van der Waals surface area contributed by atoms with Gasteiger partial charge in [0.2, 0.25) is 0 Å². The van der Waals surface area contributed by atoms with Gasteiger partial charge in [0, 0.05) is 21.9 Å². The fourth-order valence-corrected chi connectivity index (χ4v) is 6.38. The molecule has 6 nitrogen and oxygen atoms in total. The third-order valence-corrected chi connectivity index (χ3v) is 8.40. The van der Waals surface area contributed by atoms with Crippen molar-refractivity contribution in [3.8, 4) is 45.6 Å². The Balaban J connectivity index is 1.32. The summed E-state index contributed by atoms with van der Waals surface area (Å²) in [5, 5.41) is 4.24. The highest BCUT2D eigenvalue weighted by Gasteiger charge is 2.22. The molecule has 222 valence electrons. The van der Waals surface area contributed by atoms with E-state index in [1.165, 1.54) is 0 Å². The zero-order chi connectivity index (χ0) is 30.5. The summed E-state index contributed by atoms with van der Waals surface area (Å²) in [6.07, 6.45) is 0. The van der Waals surface area contributed by atoms with Crippen LogP contribution in [0, 0.1) is 13.8 Å². The highest BCUT2D eigenvalue weighted by molar-refractivity contribution is 7.27. The lowest BCUT2D eigenvalue weighted by molar-refractivity contribution is 0.392. The van der Waals surface area contributed by atoms with E-state index in [-0.39, 0.29) is 18.1 Å². The number of methoxy groups -OCH3 is 2. The zero-order valence-corrected chi connectivity index (χ0v) is 26.8. The molecule has 0 spiro atoms. The molecule has 0 N–H and O–H groups in total. The lowest BCUT2D eigenvalue weighted by atomic mass is 9.98. The predicted molar refractivity (Wildman–Crippen MR) is 181 cm³/mol. The topological polar surface area (TPSA) is 55.4 Å². The third-order valence-electron chi connectivity index (χ3n) is 7.22. The summed E-state index contributed by atoms with van der Waals surface area (Å²) in [6.45, 7) is 4.03. The lowest BCUT2D eigenvalue weighted by Gasteiger charge is -2.20. The second-order valence-corrected chi connectivity index (χ2v) is 11.4. The smallest absolute Gasteiger partial charge is 0.275 e. The molecular formula is C36H32O6P2. The Morgan fingerprint density at radius 1 is 0.432 bits per heavy atom. The molecule has 44 heavy (non-hydrogen) atoms. The summed E-state index contributed by atoms with van der Waals surface area (Å²) >= 11 is 0. The number of fused-ring (bicyclic) bond motifs is 2. The van der Waals surface area contributed by atoms with Crippen LogP contribution in [0.2, 0.25) is 0 Å². The van der Waals surface area contributed by atoms with Gasteiger partial charge >= 0.3 is 0 Å². The van der Waals surface area contributed by atoms with Crippen LogP contribution in [0.3, 0.4) is 0 Å². The Labute approximate surface area is 260 Å². The maximum absolute atomic E-state index is 6.37. The molecule has 0 aliphatic rings. The Morgan fingerprint density at radius 3 is 1.27 bits per heavy atom. The van der Waals surface area contributed by atoms with Crippen LogP contribution in [-0.2, 0) is 0 Å². The van der Waals surface area contributed by atoms with Crippen LogP contribution in [-0.4, -0.2) is 14.2 Å². The molecule has 0 aliphatic carbocycles. The van der Waals surface area contributed by atoms with E-state index in [2.05, 4.69) is 36.4 Å². The molecule has 0 fully saturated rings. The van der Waals surface area contributed by atoms with E-state index >= 15 is 0 Å². The molecule has 6 aromatic carbocycles. The van der Waals surface area contributed by atoms with Gasteiger partial charge in [0.1, 0.15) is 11.5 Å². The average molecular weight is 623 g/mol. The number of hydrogen-bond donors (Lipinski definition) is 0. The summed E-state index contributed by atoms with van der Waals surface area (Å²) in [5.74, 6) is 3.79. The molecule has 0 aromatic heterocycles. The Morgan fingerprint density at radius 2 is 0.841 bits per heavy atom.